The summed E-state index contributed by atoms with van der Waals surface area (Å²) in [6.45, 7) is 1.88. The smallest absolute Gasteiger partial charge is 0.340 e. The van der Waals surface area contributed by atoms with E-state index in [2.05, 4.69) is 4.74 Å². The third-order valence-corrected chi connectivity index (χ3v) is 2.02. The fourth-order valence-electron chi connectivity index (χ4n) is 1.21. The lowest BCUT2D eigenvalue weighted by Crippen LogP contribution is -2.07. The summed E-state index contributed by atoms with van der Waals surface area (Å²) in [5, 5.41) is 0. The van der Waals surface area contributed by atoms with Crippen molar-refractivity contribution in [3.63, 3.8) is 0 Å². The average molecular weight is 197 g/mol. The molecule has 0 bridgehead atoms. The Hall–Kier alpha value is -1.58. The summed E-state index contributed by atoms with van der Waals surface area (Å²) in [5.41, 5.74) is 6.58. The van der Waals surface area contributed by atoms with E-state index in [-0.39, 0.29) is 5.56 Å². The number of hydrogen-bond donors (Lipinski definition) is 1. The van der Waals surface area contributed by atoms with Gasteiger partial charge in [0.1, 0.15) is 5.82 Å². The number of esters is 1. The van der Waals surface area contributed by atoms with Crippen LogP contribution in [-0.2, 0) is 11.2 Å². The van der Waals surface area contributed by atoms with E-state index >= 15 is 0 Å². The van der Waals surface area contributed by atoms with Gasteiger partial charge in [-0.25, -0.2) is 9.18 Å². The van der Waals surface area contributed by atoms with Gasteiger partial charge in [0.25, 0.3) is 0 Å². The molecule has 0 aliphatic carbocycles. The minimum atomic E-state index is -0.683. The molecule has 0 atom stereocenters. The number of rotatable bonds is 2. The molecule has 0 aliphatic rings. The highest BCUT2D eigenvalue weighted by molar-refractivity contribution is 5.90. The number of nitrogens with two attached hydrogens (primary N) is 1. The van der Waals surface area contributed by atoms with Gasteiger partial charge in [-0.1, -0.05) is 6.92 Å². The minimum absolute atomic E-state index is 0.0708. The molecular weight excluding hydrogens is 185 g/mol. The number of hydrogen-bond acceptors (Lipinski definition) is 3. The molecule has 4 heteroatoms. The predicted molar refractivity (Wildman–Crippen MR) is 51.5 cm³/mol. The van der Waals surface area contributed by atoms with Crippen molar-refractivity contribution in [2.45, 2.75) is 13.3 Å². The Morgan fingerprint density at radius 2 is 2.21 bits per heavy atom. The quantitative estimate of drug-likeness (QED) is 0.580. The Morgan fingerprint density at radius 3 is 2.71 bits per heavy atom. The van der Waals surface area contributed by atoms with Crippen molar-refractivity contribution in [2.24, 2.45) is 0 Å². The summed E-state index contributed by atoms with van der Waals surface area (Å²) in [7, 11) is 1.21. The summed E-state index contributed by atoms with van der Waals surface area (Å²) in [6.07, 6.45) is 0.649. The Labute approximate surface area is 81.7 Å². The highest BCUT2D eigenvalue weighted by Crippen LogP contribution is 2.19. The topological polar surface area (TPSA) is 52.3 Å². The molecule has 0 spiro atoms. The lowest BCUT2D eigenvalue weighted by Gasteiger charge is -2.06. The van der Waals surface area contributed by atoms with Crippen LogP contribution in [0.15, 0.2) is 12.1 Å². The molecule has 0 heterocycles. The fraction of sp³-hybridized carbons (Fsp3) is 0.300. The van der Waals surface area contributed by atoms with Crippen LogP contribution in [0.2, 0.25) is 0 Å². The van der Waals surface area contributed by atoms with Crippen LogP contribution < -0.4 is 5.73 Å². The molecular formula is C10H12FNO2. The molecule has 76 valence electrons. The van der Waals surface area contributed by atoms with E-state index in [0.29, 0.717) is 12.1 Å². The molecule has 2 N–H and O–H groups in total. The minimum Gasteiger partial charge on any atom is -0.465 e. The molecule has 1 aromatic carbocycles. The van der Waals surface area contributed by atoms with Gasteiger partial charge in [0, 0.05) is 5.69 Å². The van der Waals surface area contributed by atoms with Crippen molar-refractivity contribution < 1.29 is 13.9 Å². The van der Waals surface area contributed by atoms with Gasteiger partial charge in [0.15, 0.2) is 0 Å². The van der Waals surface area contributed by atoms with Crippen molar-refractivity contribution in [1.29, 1.82) is 0 Å². The highest BCUT2D eigenvalue weighted by Gasteiger charge is 2.14. The normalized spacial score (nSPS) is 9.93. The van der Waals surface area contributed by atoms with Gasteiger partial charge in [-0.15, -0.1) is 0 Å². The summed E-state index contributed by atoms with van der Waals surface area (Å²) >= 11 is 0. The number of methoxy groups -OCH3 is 1. The van der Waals surface area contributed by atoms with Gasteiger partial charge in [-0.05, 0) is 24.1 Å². The second kappa shape index (κ2) is 4.09. The molecule has 0 saturated carbocycles. The van der Waals surface area contributed by atoms with Crippen LogP contribution in [0.3, 0.4) is 0 Å². The molecule has 0 unspecified atom stereocenters. The van der Waals surface area contributed by atoms with Crippen molar-refractivity contribution >= 4 is 11.7 Å². The number of carbonyl (C=O) groups is 1. The van der Waals surface area contributed by atoms with Crippen LogP contribution in [0.4, 0.5) is 10.1 Å². The third kappa shape index (κ3) is 1.84. The highest BCUT2D eigenvalue weighted by atomic mass is 19.1. The van der Waals surface area contributed by atoms with Crippen LogP contribution in [-0.4, -0.2) is 13.1 Å². The van der Waals surface area contributed by atoms with Gasteiger partial charge in [0.05, 0.1) is 12.7 Å². The van der Waals surface area contributed by atoms with Gasteiger partial charge in [-0.2, -0.15) is 0 Å². The summed E-state index contributed by atoms with van der Waals surface area (Å²) < 4.78 is 17.7. The van der Waals surface area contributed by atoms with E-state index in [1.54, 1.807) is 0 Å². The molecule has 3 nitrogen and oxygen atoms in total. The van der Waals surface area contributed by atoms with E-state index < -0.39 is 11.8 Å². The monoisotopic (exact) mass is 197 g/mol. The predicted octanol–water partition coefficient (Wildman–Crippen LogP) is 1.76. The molecule has 0 aromatic heterocycles. The van der Waals surface area contributed by atoms with Crippen LogP contribution in [0.1, 0.15) is 22.8 Å². The van der Waals surface area contributed by atoms with Gasteiger partial charge >= 0.3 is 5.97 Å². The van der Waals surface area contributed by atoms with Crippen molar-refractivity contribution in [2.75, 3.05) is 12.8 Å². The second-order valence-corrected chi connectivity index (χ2v) is 2.88. The van der Waals surface area contributed by atoms with Crippen molar-refractivity contribution in [3.8, 4) is 0 Å². The van der Waals surface area contributed by atoms with Crippen molar-refractivity contribution in [3.05, 3.63) is 29.1 Å². The Balaban J connectivity index is 3.24. The first-order valence-corrected chi connectivity index (χ1v) is 4.26. The number of nitrogen functional groups attached to an aromatic ring is 1. The number of halogens is 1. The maximum absolute atomic E-state index is 13.2. The first-order valence-electron chi connectivity index (χ1n) is 4.26. The summed E-state index contributed by atoms with van der Waals surface area (Å²) in [6, 6.07) is 2.57. The molecule has 1 aromatic rings. The van der Waals surface area contributed by atoms with Gasteiger partial charge in [-0.3, -0.25) is 0 Å². The Kier molecular flexibility index (Phi) is 3.06. The third-order valence-electron chi connectivity index (χ3n) is 2.02. The van der Waals surface area contributed by atoms with Gasteiger partial charge < -0.3 is 10.5 Å². The zero-order valence-electron chi connectivity index (χ0n) is 8.13. The number of anilines is 1. The number of benzene rings is 1. The molecule has 14 heavy (non-hydrogen) atoms. The van der Waals surface area contributed by atoms with Crippen LogP contribution in [0.5, 0.6) is 0 Å². The molecule has 0 amide bonds. The summed E-state index contributed by atoms with van der Waals surface area (Å²) in [5.74, 6) is -1.33. The van der Waals surface area contributed by atoms with Crippen LogP contribution in [0, 0.1) is 5.82 Å². The Morgan fingerprint density at radius 1 is 1.57 bits per heavy atom. The van der Waals surface area contributed by atoms with Gasteiger partial charge in [0.2, 0.25) is 0 Å². The van der Waals surface area contributed by atoms with Crippen LogP contribution in [0.25, 0.3) is 0 Å². The fourth-order valence-corrected chi connectivity index (χ4v) is 1.21. The average Bonchev–Trinajstić information content (AvgIpc) is 2.17. The summed E-state index contributed by atoms with van der Waals surface area (Å²) in [4.78, 5) is 11.1. The lowest BCUT2D eigenvalue weighted by atomic mass is 10.1. The van der Waals surface area contributed by atoms with E-state index in [0.717, 1.165) is 11.6 Å². The molecule has 0 radical (unpaired) electrons. The van der Waals surface area contributed by atoms with E-state index in [1.807, 2.05) is 6.92 Å². The number of aryl methyl sites for hydroxylation is 1. The maximum atomic E-state index is 13.2. The van der Waals surface area contributed by atoms with E-state index in [1.165, 1.54) is 13.2 Å². The first-order chi connectivity index (χ1) is 6.60. The molecule has 0 saturated heterocycles. The number of carbonyl (C=O) groups excluding carboxylic acids is 1. The SMILES string of the molecule is CCc1cc(C(=O)OC)c(F)cc1N. The molecule has 0 aliphatic heterocycles. The zero-order valence-corrected chi connectivity index (χ0v) is 8.13. The second-order valence-electron chi connectivity index (χ2n) is 2.88. The molecule has 0 fully saturated rings. The first kappa shape index (κ1) is 10.5. The molecule has 1 rings (SSSR count). The number of ether oxygens (including phenoxy) is 1. The largest absolute Gasteiger partial charge is 0.465 e. The lowest BCUT2D eigenvalue weighted by molar-refractivity contribution is 0.0595. The van der Waals surface area contributed by atoms with Crippen LogP contribution >= 0.6 is 0 Å². The van der Waals surface area contributed by atoms with Crippen molar-refractivity contribution in [1.82, 2.24) is 0 Å². The standard InChI is InChI=1S/C10H12FNO2/c1-3-6-4-7(10(13)14-2)8(11)5-9(6)12/h4-5H,3,12H2,1-2H3. The zero-order chi connectivity index (χ0) is 10.7. The van der Waals surface area contributed by atoms with E-state index in [4.69, 9.17) is 5.73 Å². The van der Waals surface area contributed by atoms with E-state index in [9.17, 15) is 9.18 Å². The Bertz CT molecular complexity index is 363. The maximum Gasteiger partial charge on any atom is 0.340 e.